The first-order chi connectivity index (χ1) is 8.02. The van der Waals surface area contributed by atoms with Crippen LogP contribution in [0.4, 0.5) is 0 Å². The molecule has 98 valence electrons. The average molecular weight is 258 g/mol. The Bertz CT molecular complexity index is 294. The van der Waals surface area contributed by atoms with Crippen molar-refractivity contribution >= 4 is 23.6 Å². The fourth-order valence-electron chi connectivity index (χ4n) is 2.28. The Morgan fingerprint density at radius 3 is 2.59 bits per heavy atom. The van der Waals surface area contributed by atoms with Crippen LogP contribution in [0, 0.1) is 5.92 Å². The second-order valence-electron chi connectivity index (χ2n) is 4.73. The van der Waals surface area contributed by atoms with Gasteiger partial charge < -0.3 is 10.2 Å². The minimum atomic E-state index is -0.312. The molecule has 1 rings (SSSR count). The minimum Gasteiger partial charge on any atom is -0.345 e. The zero-order valence-electron chi connectivity index (χ0n) is 11.0. The van der Waals surface area contributed by atoms with Gasteiger partial charge >= 0.3 is 0 Å². The fraction of sp³-hybridized carbons (Fsp3) is 0.833. The van der Waals surface area contributed by atoms with Crippen LogP contribution in [0.15, 0.2) is 0 Å². The predicted molar refractivity (Wildman–Crippen MR) is 70.9 cm³/mol. The zero-order valence-corrected chi connectivity index (χ0v) is 11.8. The van der Waals surface area contributed by atoms with Crippen LogP contribution in [-0.4, -0.2) is 47.4 Å². The van der Waals surface area contributed by atoms with Crippen LogP contribution in [0.2, 0.25) is 0 Å². The third-order valence-electron chi connectivity index (χ3n) is 3.13. The summed E-state index contributed by atoms with van der Waals surface area (Å²) in [5.41, 5.74) is 0. The van der Waals surface area contributed by atoms with Crippen molar-refractivity contribution in [3.05, 3.63) is 0 Å². The van der Waals surface area contributed by atoms with Crippen molar-refractivity contribution in [1.82, 2.24) is 10.2 Å². The average Bonchev–Trinajstić information content (AvgIpc) is 2.28. The van der Waals surface area contributed by atoms with Crippen LogP contribution in [0.3, 0.4) is 0 Å². The molecule has 5 heteroatoms. The summed E-state index contributed by atoms with van der Waals surface area (Å²) in [7, 11) is 0. The smallest absolute Gasteiger partial charge is 0.243 e. The molecule has 1 fully saturated rings. The van der Waals surface area contributed by atoms with Crippen molar-refractivity contribution in [2.24, 2.45) is 5.92 Å². The highest BCUT2D eigenvalue weighted by atomic mass is 32.2. The minimum absolute atomic E-state index is 0.0147. The molecule has 1 N–H and O–H groups in total. The van der Waals surface area contributed by atoms with E-state index < -0.39 is 0 Å². The number of rotatable bonds is 5. The van der Waals surface area contributed by atoms with Gasteiger partial charge in [0.05, 0.1) is 6.54 Å². The van der Waals surface area contributed by atoms with Crippen molar-refractivity contribution in [3.63, 3.8) is 0 Å². The molecule has 0 bridgehead atoms. The van der Waals surface area contributed by atoms with Gasteiger partial charge in [0, 0.05) is 11.8 Å². The number of carbonyl (C=O) groups is 2. The lowest BCUT2D eigenvalue weighted by molar-refractivity contribution is -0.149. The third-order valence-corrected chi connectivity index (χ3v) is 3.84. The largest absolute Gasteiger partial charge is 0.345 e. The molecular formula is C12H22N2O2S. The number of carbonyl (C=O) groups excluding carboxylic acids is 2. The first kappa shape index (κ1) is 14.4. The van der Waals surface area contributed by atoms with Gasteiger partial charge in [-0.05, 0) is 18.6 Å². The standard InChI is InChI=1S/C12H22N2O2S/c1-5-9(7-17-4)14-10(15)6-13-12(16)11(14)8(2)3/h8-9,11H,5-7H2,1-4H3,(H,13,16). The quantitative estimate of drug-likeness (QED) is 0.803. The van der Waals surface area contributed by atoms with Crippen LogP contribution in [0.5, 0.6) is 0 Å². The van der Waals surface area contributed by atoms with Gasteiger partial charge in [-0.1, -0.05) is 20.8 Å². The Kier molecular flexibility index (Phi) is 5.31. The molecule has 0 aliphatic carbocycles. The van der Waals surface area contributed by atoms with Gasteiger partial charge in [-0.15, -0.1) is 0 Å². The molecular weight excluding hydrogens is 236 g/mol. The lowest BCUT2D eigenvalue weighted by Gasteiger charge is -2.41. The molecule has 17 heavy (non-hydrogen) atoms. The second-order valence-corrected chi connectivity index (χ2v) is 5.64. The van der Waals surface area contributed by atoms with E-state index in [1.165, 1.54) is 0 Å². The molecule has 1 heterocycles. The molecule has 0 saturated carbocycles. The molecule has 0 aromatic carbocycles. The van der Waals surface area contributed by atoms with Gasteiger partial charge in [-0.25, -0.2) is 0 Å². The van der Waals surface area contributed by atoms with E-state index in [0.29, 0.717) is 0 Å². The first-order valence-electron chi connectivity index (χ1n) is 6.10. The maximum Gasteiger partial charge on any atom is 0.243 e. The summed E-state index contributed by atoms with van der Waals surface area (Å²) < 4.78 is 0. The zero-order chi connectivity index (χ0) is 13.0. The van der Waals surface area contributed by atoms with Crippen LogP contribution in [0.1, 0.15) is 27.2 Å². The Labute approximate surface area is 108 Å². The molecule has 0 aromatic heterocycles. The summed E-state index contributed by atoms with van der Waals surface area (Å²) in [6, 6.07) is -0.149. The van der Waals surface area contributed by atoms with E-state index >= 15 is 0 Å². The van der Waals surface area contributed by atoms with E-state index in [-0.39, 0.29) is 36.4 Å². The summed E-state index contributed by atoms with van der Waals surface area (Å²) >= 11 is 1.72. The number of hydrogen-bond acceptors (Lipinski definition) is 3. The third kappa shape index (κ3) is 3.15. The normalized spacial score (nSPS) is 22.9. The van der Waals surface area contributed by atoms with Gasteiger partial charge in [-0.3, -0.25) is 9.59 Å². The van der Waals surface area contributed by atoms with Gasteiger partial charge in [-0.2, -0.15) is 11.8 Å². The maximum absolute atomic E-state index is 12.0. The van der Waals surface area contributed by atoms with E-state index in [9.17, 15) is 9.59 Å². The van der Waals surface area contributed by atoms with Crippen molar-refractivity contribution in [2.45, 2.75) is 39.3 Å². The Morgan fingerprint density at radius 2 is 2.12 bits per heavy atom. The monoisotopic (exact) mass is 258 g/mol. The van der Waals surface area contributed by atoms with Gasteiger partial charge in [0.15, 0.2) is 0 Å². The van der Waals surface area contributed by atoms with E-state index in [0.717, 1.165) is 12.2 Å². The summed E-state index contributed by atoms with van der Waals surface area (Å²) in [4.78, 5) is 25.7. The van der Waals surface area contributed by atoms with E-state index in [1.807, 2.05) is 20.1 Å². The van der Waals surface area contributed by atoms with Crippen LogP contribution < -0.4 is 5.32 Å². The molecule has 0 aromatic rings. The molecule has 1 saturated heterocycles. The molecule has 4 nitrogen and oxygen atoms in total. The molecule has 1 aliphatic heterocycles. The lowest BCUT2D eigenvalue weighted by Crippen LogP contribution is -2.63. The van der Waals surface area contributed by atoms with Crippen LogP contribution in [0.25, 0.3) is 0 Å². The fourth-order valence-corrected chi connectivity index (χ4v) is 3.06. The molecule has 2 atom stereocenters. The Balaban J connectivity index is 2.94. The topological polar surface area (TPSA) is 49.4 Å². The van der Waals surface area contributed by atoms with Crippen LogP contribution in [-0.2, 0) is 9.59 Å². The number of piperazine rings is 1. The molecule has 0 spiro atoms. The highest BCUT2D eigenvalue weighted by Crippen LogP contribution is 2.21. The summed E-state index contributed by atoms with van der Waals surface area (Å²) in [5.74, 6) is 1.07. The number of thioether (sulfide) groups is 1. The number of hydrogen-bond donors (Lipinski definition) is 1. The van der Waals surface area contributed by atoms with Crippen molar-refractivity contribution in [3.8, 4) is 0 Å². The van der Waals surface area contributed by atoms with E-state index in [1.54, 1.807) is 16.7 Å². The SMILES string of the molecule is CCC(CSC)N1C(=O)CNC(=O)C1C(C)C. The lowest BCUT2D eigenvalue weighted by atomic mass is 9.97. The molecule has 2 amide bonds. The first-order valence-corrected chi connectivity index (χ1v) is 7.50. The highest BCUT2D eigenvalue weighted by Gasteiger charge is 2.39. The predicted octanol–water partition coefficient (Wildman–Crippen LogP) is 1.11. The van der Waals surface area contributed by atoms with Gasteiger partial charge in [0.25, 0.3) is 0 Å². The van der Waals surface area contributed by atoms with Crippen LogP contribution >= 0.6 is 11.8 Å². The number of nitrogens with zero attached hydrogens (tertiary/aromatic N) is 1. The second kappa shape index (κ2) is 6.28. The number of amides is 2. The molecule has 2 unspecified atom stereocenters. The van der Waals surface area contributed by atoms with Crippen molar-refractivity contribution in [2.75, 3.05) is 18.6 Å². The molecule has 1 aliphatic rings. The highest BCUT2D eigenvalue weighted by molar-refractivity contribution is 7.98. The Hall–Kier alpha value is -0.710. The summed E-state index contributed by atoms with van der Waals surface area (Å²) in [5, 5.41) is 2.68. The van der Waals surface area contributed by atoms with Crippen molar-refractivity contribution in [1.29, 1.82) is 0 Å². The summed E-state index contributed by atoms with van der Waals surface area (Å²) in [6.07, 6.45) is 2.92. The number of nitrogens with one attached hydrogen (secondary N) is 1. The van der Waals surface area contributed by atoms with E-state index in [4.69, 9.17) is 0 Å². The van der Waals surface area contributed by atoms with Gasteiger partial charge in [0.1, 0.15) is 6.04 Å². The summed E-state index contributed by atoms with van der Waals surface area (Å²) in [6.45, 7) is 6.19. The maximum atomic E-state index is 12.0. The Morgan fingerprint density at radius 1 is 1.47 bits per heavy atom. The van der Waals surface area contributed by atoms with E-state index in [2.05, 4.69) is 12.2 Å². The van der Waals surface area contributed by atoms with Gasteiger partial charge in [0.2, 0.25) is 11.8 Å². The van der Waals surface area contributed by atoms with Crippen molar-refractivity contribution < 1.29 is 9.59 Å². The molecule has 0 radical (unpaired) electrons.